The molecule has 0 amide bonds. The van der Waals surface area contributed by atoms with Crippen LogP contribution in [-0.4, -0.2) is 31.1 Å². The highest BCUT2D eigenvalue weighted by Gasteiger charge is 2.37. The Bertz CT molecular complexity index is 777. The van der Waals surface area contributed by atoms with E-state index in [0.717, 1.165) is 11.3 Å². The Kier molecular flexibility index (Phi) is 5.03. The highest BCUT2D eigenvalue weighted by atomic mass is 32.1. The third kappa shape index (κ3) is 2.90. The number of thiophene rings is 1. The lowest BCUT2D eigenvalue weighted by Crippen LogP contribution is -2.33. The normalized spacial score (nSPS) is 17.4. The Hall–Kier alpha value is -2.68. The number of dihydropyridines is 1. The molecule has 24 heavy (non-hydrogen) atoms. The van der Waals surface area contributed by atoms with Crippen molar-refractivity contribution in [3.8, 4) is 0 Å². The molecule has 0 aliphatic carbocycles. The summed E-state index contributed by atoms with van der Waals surface area (Å²) in [7, 11) is 2.45. The second kappa shape index (κ2) is 6.83. The van der Waals surface area contributed by atoms with Crippen LogP contribution in [0.25, 0.3) is 0 Å². The van der Waals surface area contributed by atoms with E-state index in [4.69, 9.17) is 9.47 Å². The molecule has 1 aromatic rings. The van der Waals surface area contributed by atoms with Gasteiger partial charge >= 0.3 is 16.9 Å². The van der Waals surface area contributed by atoms with Crippen LogP contribution >= 0.6 is 11.3 Å². The number of rotatable bonds is 4. The smallest absolute Gasteiger partial charge is 0.339 e. The molecule has 0 bridgehead atoms. The van der Waals surface area contributed by atoms with Gasteiger partial charge in [-0.15, -0.1) is 0 Å². The minimum atomic E-state index is -0.780. The van der Waals surface area contributed by atoms with Crippen molar-refractivity contribution in [3.05, 3.63) is 49.5 Å². The molecule has 0 spiro atoms. The average Bonchev–Trinajstić information content (AvgIpc) is 3.03. The van der Waals surface area contributed by atoms with Crippen molar-refractivity contribution >= 4 is 28.3 Å². The summed E-state index contributed by atoms with van der Waals surface area (Å²) >= 11 is 0.965. The molecule has 1 aliphatic rings. The number of hydrogen-bond acceptors (Lipinski definition) is 8. The summed E-state index contributed by atoms with van der Waals surface area (Å²) in [5.41, 5.74) is 1.54. The number of nitro groups is 1. The highest BCUT2D eigenvalue weighted by Crippen LogP contribution is 2.40. The van der Waals surface area contributed by atoms with Crippen molar-refractivity contribution < 1.29 is 24.0 Å². The number of methoxy groups -OCH3 is 2. The van der Waals surface area contributed by atoms with Gasteiger partial charge in [0.2, 0.25) is 0 Å². The number of carbonyl (C=O) groups excluding carboxylic acids is 2. The van der Waals surface area contributed by atoms with Crippen LogP contribution in [0.1, 0.15) is 25.5 Å². The Morgan fingerprint density at radius 3 is 2.42 bits per heavy atom. The molecule has 1 atom stereocenters. The monoisotopic (exact) mass is 352 g/mol. The van der Waals surface area contributed by atoms with E-state index in [0.29, 0.717) is 16.8 Å². The molecule has 1 aliphatic heterocycles. The molecule has 8 nitrogen and oxygen atoms in total. The summed E-state index contributed by atoms with van der Waals surface area (Å²) < 4.78 is 9.56. The molecule has 0 fully saturated rings. The zero-order valence-corrected chi connectivity index (χ0v) is 14.4. The summed E-state index contributed by atoms with van der Waals surface area (Å²) in [5, 5.41) is 15.7. The van der Waals surface area contributed by atoms with E-state index in [-0.39, 0.29) is 16.1 Å². The maximum absolute atomic E-state index is 12.3. The fourth-order valence-corrected chi connectivity index (χ4v) is 3.45. The van der Waals surface area contributed by atoms with Gasteiger partial charge < -0.3 is 14.8 Å². The molecule has 2 rings (SSSR count). The van der Waals surface area contributed by atoms with Crippen LogP contribution in [0.4, 0.5) is 5.00 Å². The predicted molar refractivity (Wildman–Crippen MR) is 86.3 cm³/mol. The van der Waals surface area contributed by atoms with Crippen molar-refractivity contribution in [1.29, 1.82) is 0 Å². The van der Waals surface area contributed by atoms with Crippen LogP contribution < -0.4 is 5.32 Å². The molecular weight excluding hydrogens is 336 g/mol. The fraction of sp³-hybridized carbons (Fsp3) is 0.333. The van der Waals surface area contributed by atoms with Gasteiger partial charge in [0.25, 0.3) is 0 Å². The quantitative estimate of drug-likeness (QED) is 0.503. The first kappa shape index (κ1) is 17.7. The molecule has 2 heterocycles. The van der Waals surface area contributed by atoms with E-state index in [1.807, 2.05) is 0 Å². The van der Waals surface area contributed by atoms with Crippen LogP contribution in [0.3, 0.4) is 0 Å². The average molecular weight is 352 g/mol. The summed E-state index contributed by atoms with van der Waals surface area (Å²) in [6.45, 7) is 3.24. The molecule has 128 valence electrons. The largest absolute Gasteiger partial charge is 0.466 e. The standard InChI is InChI=1S/C15H16N2O6S/c1-7-10(14(18)22-3)8(2)16-12(11(7)15(19)23-4)9-5-6-24-13(9)17(20)21/h5-6,12,16H,1-4H3. The van der Waals surface area contributed by atoms with Gasteiger partial charge in [0.05, 0.1) is 41.9 Å². The number of nitrogens with one attached hydrogen (secondary N) is 1. The Morgan fingerprint density at radius 2 is 1.88 bits per heavy atom. The van der Waals surface area contributed by atoms with E-state index in [1.165, 1.54) is 14.2 Å². The Balaban J connectivity index is 2.65. The maximum atomic E-state index is 12.3. The first-order chi connectivity index (χ1) is 11.3. The molecule has 1 aromatic heterocycles. The predicted octanol–water partition coefficient (Wildman–Crippen LogP) is 2.24. The van der Waals surface area contributed by atoms with Gasteiger partial charge in [-0.1, -0.05) is 11.3 Å². The van der Waals surface area contributed by atoms with Gasteiger partial charge in [0, 0.05) is 5.70 Å². The van der Waals surface area contributed by atoms with Gasteiger partial charge in [-0.25, -0.2) is 9.59 Å². The second-order valence-electron chi connectivity index (χ2n) is 5.04. The van der Waals surface area contributed by atoms with E-state index < -0.39 is 22.9 Å². The minimum Gasteiger partial charge on any atom is -0.466 e. The third-order valence-electron chi connectivity index (χ3n) is 3.75. The number of nitrogens with zero attached hydrogens (tertiary/aromatic N) is 1. The van der Waals surface area contributed by atoms with Crippen molar-refractivity contribution in [3.63, 3.8) is 0 Å². The molecule has 0 aromatic carbocycles. The molecule has 0 saturated heterocycles. The minimum absolute atomic E-state index is 0.0731. The maximum Gasteiger partial charge on any atom is 0.339 e. The van der Waals surface area contributed by atoms with Crippen molar-refractivity contribution in [2.75, 3.05) is 14.2 Å². The summed E-state index contributed by atoms with van der Waals surface area (Å²) in [4.78, 5) is 35.0. The Labute approximate surface area is 141 Å². The van der Waals surface area contributed by atoms with Gasteiger partial charge in [0.15, 0.2) is 0 Å². The Morgan fingerprint density at radius 1 is 1.25 bits per heavy atom. The molecule has 9 heteroatoms. The summed E-state index contributed by atoms with van der Waals surface area (Å²) in [6, 6.07) is 0.796. The van der Waals surface area contributed by atoms with Crippen LogP contribution in [0.5, 0.6) is 0 Å². The van der Waals surface area contributed by atoms with Gasteiger partial charge in [-0.3, -0.25) is 10.1 Å². The van der Waals surface area contributed by atoms with Crippen molar-refractivity contribution in [2.24, 2.45) is 0 Å². The molecular formula is C15H16N2O6S. The second-order valence-corrected chi connectivity index (χ2v) is 5.93. The number of esters is 2. The zero-order chi connectivity index (χ0) is 18.0. The van der Waals surface area contributed by atoms with Gasteiger partial charge in [-0.2, -0.15) is 0 Å². The number of carbonyl (C=O) groups is 2. The van der Waals surface area contributed by atoms with Crippen molar-refractivity contribution in [2.45, 2.75) is 19.9 Å². The van der Waals surface area contributed by atoms with Crippen LogP contribution in [-0.2, 0) is 19.1 Å². The van der Waals surface area contributed by atoms with Crippen LogP contribution in [0, 0.1) is 10.1 Å². The molecule has 1 unspecified atom stereocenters. The van der Waals surface area contributed by atoms with Crippen LogP contribution in [0.2, 0.25) is 0 Å². The fourth-order valence-electron chi connectivity index (χ4n) is 2.69. The highest BCUT2D eigenvalue weighted by molar-refractivity contribution is 7.13. The first-order valence-corrected chi connectivity index (χ1v) is 7.78. The lowest BCUT2D eigenvalue weighted by atomic mass is 9.88. The molecule has 1 N–H and O–H groups in total. The molecule has 0 radical (unpaired) electrons. The van der Waals surface area contributed by atoms with Gasteiger partial charge in [0.1, 0.15) is 0 Å². The molecule has 0 saturated carbocycles. The van der Waals surface area contributed by atoms with Crippen molar-refractivity contribution in [1.82, 2.24) is 5.32 Å². The number of ether oxygens (including phenoxy) is 2. The number of hydrogen-bond donors (Lipinski definition) is 1. The lowest BCUT2D eigenvalue weighted by molar-refractivity contribution is -0.381. The topological polar surface area (TPSA) is 108 Å². The number of allylic oxidation sites excluding steroid dienone is 1. The van der Waals surface area contributed by atoms with E-state index >= 15 is 0 Å². The third-order valence-corrected chi connectivity index (χ3v) is 4.63. The zero-order valence-electron chi connectivity index (χ0n) is 13.5. The van der Waals surface area contributed by atoms with E-state index in [1.54, 1.807) is 25.3 Å². The van der Waals surface area contributed by atoms with Gasteiger partial charge in [-0.05, 0) is 30.9 Å². The SMILES string of the molecule is COC(=O)C1=C(C)NC(c2ccsc2[N+](=O)[O-])C(C(=O)OC)=C1C. The summed E-state index contributed by atoms with van der Waals surface area (Å²) in [6.07, 6.45) is 0. The van der Waals surface area contributed by atoms with E-state index in [9.17, 15) is 19.7 Å². The van der Waals surface area contributed by atoms with Crippen LogP contribution in [0.15, 0.2) is 33.9 Å². The summed E-state index contributed by atoms with van der Waals surface area (Å²) in [5.74, 6) is -1.27. The first-order valence-electron chi connectivity index (χ1n) is 6.90. The van der Waals surface area contributed by atoms with E-state index in [2.05, 4.69) is 5.32 Å². The lowest BCUT2D eigenvalue weighted by Gasteiger charge is -2.29.